The number of likely N-dealkylation sites (N-methyl/N-ethyl adjacent to an activating group) is 1. The third kappa shape index (κ3) is 3.73. The van der Waals surface area contributed by atoms with E-state index in [1.807, 2.05) is 32.3 Å². The van der Waals surface area contributed by atoms with Crippen LogP contribution >= 0.6 is 15.9 Å². The second-order valence-electron chi connectivity index (χ2n) is 6.05. The van der Waals surface area contributed by atoms with Gasteiger partial charge in [-0.25, -0.2) is 12.4 Å². The molecule has 132 valence electrons. The molecule has 3 rings (SSSR count). The molecule has 0 unspecified atom stereocenters. The van der Waals surface area contributed by atoms with Gasteiger partial charge in [-0.15, -0.1) is 0 Å². The zero-order valence-electron chi connectivity index (χ0n) is 14.1. The number of benzene rings is 2. The monoisotopic (exact) mass is 421 g/mol. The Morgan fingerprint density at radius 1 is 1.12 bits per heavy atom. The van der Waals surface area contributed by atoms with Crippen molar-refractivity contribution in [2.24, 2.45) is 0 Å². The number of nitrogens with one attached hydrogen (secondary N) is 1. The Bertz CT molecular complexity index is 996. The van der Waals surface area contributed by atoms with Gasteiger partial charge in [0.2, 0.25) is 0 Å². The first-order valence-corrected chi connectivity index (χ1v) is 10.1. The van der Waals surface area contributed by atoms with Crippen LogP contribution in [0.3, 0.4) is 0 Å². The molecule has 0 fully saturated rings. The van der Waals surface area contributed by atoms with Crippen molar-refractivity contribution in [3.63, 3.8) is 0 Å². The summed E-state index contributed by atoms with van der Waals surface area (Å²) in [6.07, 6.45) is 1.59. The van der Waals surface area contributed by atoms with Gasteiger partial charge in [-0.3, -0.25) is 0 Å². The molecule has 0 atom stereocenters. The van der Waals surface area contributed by atoms with Gasteiger partial charge in [0.15, 0.2) is 0 Å². The molecule has 1 heterocycles. The molecule has 0 aliphatic heterocycles. The third-order valence-electron chi connectivity index (χ3n) is 3.92. The fraction of sp³-hybridized carbons (Fsp3) is 0.222. The second kappa shape index (κ2) is 7.19. The van der Waals surface area contributed by atoms with E-state index >= 15 is 0 Å². The van der Waals surface area contributed by atoms with Crippen molar-refractivity contribution in [2.75, 3.05) is 32.5 Å². The van der Waals surface area contributed by atoms with Crippen molar-refractivity contribution >= 4 is 42.5 Å². The lowest BCUT2D eigenvalue weighted by Gasteiger charge is -2.13. The molecule has 5 nitrogen and oxygen atoms in total. The van der Waals surface area contributed by atoms with Crippen LogP contribution in [-0.4, -0.2) is 44.5 Å². The van der Waals surface area contributed by atoms with Crippen LogP contribution < -0.4 is 5.32 Å². The lowest BCUT2D eigenvalue weighted by atomic mass is 10.3. The van der Waals surface area contributed by atoms with Crippen molar-refractivity contribution in [3.8, 4) is 0 Å². The van der Waals surface area contributed by atoms with E-state index < -0.39 is 10.0 Å². The molecule has 25 heavy (non-hydrogen) atoms. The van der Waals surface area contributed by atoms with E-state index in [0.29, 0.717) is 5.52 Å². The smallest absolute Gasteiger partial charge is 0.268 e. The average Bonchev–Trinajstić information content (AvgIpc) is 3.01. The second-order valence-corrected chi connectivity index (χ2v) is 8.72. The van der Waals surface area contributed by atoms with Crippen LogP contribution in [0.1, 0.15) is 0 Å². The number of rotatable bonds is 6. The summed E-state index contributed by atoms with van der Waals surface area (Å²) in [6, 6.07) is 14.3. The van der Waals surface area contributed by atoms with Crippen molar-refractivity contribution in [1.29, 1.82) is 0 Å². The minimum absolute atomic E-state index is 0.264. The zero-order valence-corrected chi connectivity index (χ0v) is 16.5. The molecule has 3 aromatic rings. The van der Waals surface area contributed by atoms with Crippen molar-refractivity contribution in [3.05, 3.63) is 59.2 Å². The molecule has 7 heteroatoms. The predicted molar refractivity (Wildman–Crippen MR) is 106 cm³/mol. The summed E-state index contributed by atoms with van der Waals surface area (Å²) in [5.74, 6) is 0. The number of fused-ring (bicyclic) bond motifs is 1. The summed E-state index contributed by atoms with van der Waals surface area (Å²) in [6.45, 7) is 1.61. The summed E-state index contributed by atoms with van der Waals surface area (Å²) in [5, 5.41) is 4.12. The topological polar surface area (TPSA) is 54.3 Å². The summed E-state index contributed by atoms with van der Waals surface area (Å²) in [4.78, 5) is 2.33. The maximum absolute atomic E-state index is 13.1. The largest absolute Gasteiger partial charge is 0.384 e. The maximum Gasteiger partial charge on any atom is 0.268 e. The number of aromatic nitrogens is 1. The first-order chi connectivity index (χ1) is 11.9. The molecule has 0 aliphatic carbocycles. The quantitative estimate of drug-likeness (QED) is 0.660. The SMILES string of the molecule is CN(C)CCNc1cccc(S(=O)(=O)n2ccc3c(Br)cccc32)c1. The van der Waals surface area contributed by atoms with E-state index in [1.54, 1.807) is 36.5 Å². The van der Waals surface area contributed by atoms with Gasteiger partial charge >= 0.3 is 0 Å². The highest BCUT2D eigenvalue weighted by Gasteiger charge is 2.19. The molecule has 0 bridgehead atoms. The van der Waals surface area contributed by atoms with Gasteiger partial charge in [0.1, 0.15) is 0 Å². The number of hydrogen-bond acceptors (Lipinski definition) is 4. The van der Waals surface area contributed by atoms with Crippen molar-refractivity contribution in [1.82, 2.24) is 8.87 Å². The number of anilines is 1. The molecule has 0 saturated carbocycles. The van der Waals surface area contributed by atoms with Crippen LogP contribution in [0.4, 0.5) is 5.69 Å². The highest BCUT2D eigenvalue weighted by Crippen LogP contribution is 2.28. The lowest BCUT2D eigenvalue weighted by Crippen LogP contribution is -2.21. The Morgan fingerprint density at radius 2 is 1.88 bits per heavy atom. The summed E-state index contributed by atoms with van der Waals surface area (Å²) in [7, 11) is 0.338. The number of hydrogen-bond donors (Lipinski definition) is 1. The lowest BCUT2D eigenvalue weighted by molar-refractivity contribution is 0.425. The minimum Gasteiger partial charge on any atom is -0.384 e. The Kier molecular flexibility index (Phi) is 5.17. The molecule has 1 N–H and O–H groups in total. The van der Waals surface area contributed by atoms with Crippen LogP contribution in [0.25, 0.3) is 10.9 Å². The summed E-state index contributed by atoms with van der Waals surface area (Å²) >= 11 is 3.46. The van der Waals surface area contributed by atoms with Crippen molar-refractivity contribution < 1.29 is 8.42 Å². The Morgan fingerprint density at radius 3 is 2.64 bits per heavy atom. The summed E-state index contributed by atoms with van der Waals surface area (Å²) in [5.41, 5.74) is 1.45. The molecular formula is C18H20BrN3O2S. The molecule has 1 aromatic heterocycles. The Labute approximate surface area is 156 Å². The van der Waals surface area contributed by atoms with Gasteiger partial charge in [0.05, 0.1) is 10.4 Å². The molecular weight excluding hydrogens is 402 g/mol. The van der Waals surface area contributed by atoms with Crippen LogP contribution in [0.5, 0.6) is 0 Å². The fourth-order valence-electron chi connectivity index (χ4n) is 2.62. The molecule has 0 spiro atoms. The van der Waals surface area contributed by atoms with Crippen LogP contribution in [0.2, 0.25) is 0 Å². The highest BCUT2D eigenvalue weighted by molar-refractivity contribution is 9.10. The molecule has 0 amide bonds. The summed E-state index contributed by atoms with van der Waals surface area (Å²) < 4.78 is 28.3. The Hall–Kier alpha value is -1.83. The van der Waals surface area contributed by atoms with Gasteiger partial charge in [0, 0.05) is 34.8 Å². The average molecular weight is 422 g/mol. The first kappa shape index (κ1) is 18.0. The maximum atomic E-state index is 13.1. The molecule has 0 radical (unpaired) electrons. The molecule has 2 aromatic carbocycles. The number of halogens is 1. The van der Waals surface area contributed by atoms with Gasteiger partial charge in [-0.2, -0.15) is 0 Å². The molecule has 0 saturated heterocycles. The molecule has 0 aliphatic rings. The number of nitrogens with zero attached hydrogens (tertiary/aromatic N) is 2. The van der Waals surface area contributed by atoms with Crippen molar-refractivity contribution in [2.45, 2.75) is 4.90 Å². The highest BCUT2D eigenvalue weighted by atomic mass is 79.9. The Balaban J connectivity index is 1.95. The van der Waals surface area contributed by atoms with E-state index in [0.717, 1.165) is 28.6 Å². The van der Waals surface area contributed by atoms with E-state index in [1.165, 1.54) is 3.97 Å². The van der Waals surface area contributed by atoms with Crippen LogP contribution in [0.15, 0.2) is 64.1 Å². The van der Waals surface area contributed by atoms with Gasteiger partial charge in [0.25, 0.3) is 10.0 Å². The first-order valence-electron chi connectivity index (χ1n) is 7.89. The van der Waals surface area contributed by atoms with E-state index in [2.05, 4.69) is 26.1 Å². The van der Waals surface area contributed by atoms with E-state index in [9.17, 15) is 8.42 Å². The fourth-order valence-corrected chi connectivity index (χ4v) is 4.50. The minimum atomic E-state index is -3.66. The predicted octanol–water partition coefficient (Wildman–Crippen LogP) is 3.61. The van der Waals surface area contributed by atoms with Gasteiger partial charge < -0.3 is 10.2 Å². The standard InChI is InChI=1S/C18H20BrN3O2S/c1-21(2)12-10-20-14-5-3-6-15(13-14)25(23,24)22-11-9-16-17(19)7-4-8-18(16)22/h3-9,11,13,20H,10,12H2,1-2H3. The van der Waals surface area contributed by atoms with E-state index in [-0.39, 0.29) is 4.90 Å². The van der Waals surface area contributed by atoms with Gasteiger partial charge in [-0.05, 0) is 50.5 Å². The van der Waals surface area contributed by atoms with Gasteiger partial charge in [-0.1, -0.05) is 28.1 Å². The normalized spacial score (nSPS) is 12.0. The van der Waals surface area contributed by atoms with E-state index in [4.69, 9.17) is 0 Å². The van der Waals surface area contributed by atoms with Crippen LogP contribution in [0, 0.1) is 0 Å². The van der Waals surface area contributed by atoms with Crippen LogP contribution in [-0.2, 0) is 10.0 Å². The third-order valence-corrected chi connectivity index (χ3v) is 6.30. The zero-order chi connectivity index (χ0) is 18.0.